The average molecular weight is 869 g/mol. The standard InChI is InChI=1S/C66H48N2/c1-2-20-53(21-3-1)68-64-29-11-9-25-62(64)66-61(27-14-30-65(66)68)51-19-12-18-50(43-51)60-24-8-10-28-63(60)67(55-41-42-59-52(44-55)36-35-48-16-5-7-23-57(48)59)54-39-37-46(38-40-54)45-31-33-49(34-32-45)58-26-13-17-47-15-4-6-22-56(47)58/h1-7,9-23,25-44,48,57H,8,24H2. The number of hydrogen-bond acceptors (Lipinski definition) is 1. The Hall–Kier alpha value is -8.46. The molecule has 2 unspecified atom stereocenters. The van der Waals surface area contributed by atoms with Crippen molar-refractivity contribution in [3.8, 4) is 39.1 Å². The second-order valence-electron chi connectivity index (χ2n) is 18.3. The molecule has 10 aromatic rings. The van der Waals surface area contributed by atoms with Gasteiger partial charge in [-0.05, 0) is 140 Å². The van der Waals surface area contributed by atoms with E-state index in [-0.39, 0.29) is 0 Å². The van der Waals surface area contributed by atoms with Gasteiger partial charge in [0.15, 0.2) is 0 Å². The molecule has 9 aromatic carbocycles. The van der Waals surface area contributed by atoms with Crippen LogP contribution >= 0.6 is 0 Å². The van der Waals surface area contributed by atoms with Crippen LogP contribution < -0.4 is 4.90 Å². The van der Waals surface area contributed by atoms with Crippen LogP contribution in [-0.4, -0.2) is 4.57 Å². The van der Waals surface area contributed by atoms with Gasteiger partial charge in [-0.2, -0.15) is 0 Å². The van der Waals surface area contributed by atoms with E-state index in [2.05, 4.69) is 264 Å². The minimum Gasteiger partial charge on any atom is -0.310 e. The topological polar surface area (TPSA) is 8.17 Å². The maximum atomic E-state index is 2.50. The molecule has 1 aromatic heterocycles. The van der Waals surface area contributed by atoms with Gasteiger partial charge in [-0.3, -0.25) is 0 Å². The van der Waals surface area contributed by atoms with Crippen LogP contribution in [0.25, 0.3) is 83.3 Å². The fourth-order valence-electron chi connectivity index (χ4n) is 11.2. The van der Waals surface area contributed by atoms with E-state index in [1.54, 1.807) is 0 Å². The lowest BCUT2D eigenvalue weighted by molar-refractivity contribution is 0.692. The molecular formula is C66H48N2. The van der Waals surface area contributed by atoms with E-state index >= 15 is 0 Å². The normalized spacial score (nSPS) is 16.1. The Kier molecular flexibility index (Phi) is 9.83. The van der Waals surface area contributed by atoms with Crippen LogP contribution in [-0.2, 0) is 0 Å². The summed E-state index contributed by atoms with van der Waals surface area (Å²) in [7, 11) is 0. The smallest absolute Gasteiger partial charge is 0.0547 e. The van der Waals surface area contributed by atoms with Crippen LogP contribution in [0.5, 0.6) is 0 Å². The third-order valence-electron chi connectivity index (χ3n) is 14.4. The number of hydrogen-bond donors (Lipinski definition) is 0. The van der Waals surface area contributed by atoms with Crippen molar-refractivity contribution in [2.75, 3.05) is 4.90 Å². The Labute approximate surface area is 398 Å². The summed E-state index contributed by atoms with van der Waals surface area (Å²) >= 11 is 0. The molecule has 0 radical (unpaired) electrons. The fourth-order valence-corrected chi connectivity index (χ4v) is 11.2. The molecule has 1 heterocycles. The molecule has 322 valence electrons. The SMILES string of the molecule is C1=CC2C=Cc3cc(N(C4=C(c5cccc(-c6cccc7c6c6ccccc6n7-c6ccccc6)c5)CCC=C4)c4ccc(-c5ccc(-c6cccc7ccccc67)cc5)cc4)ccc3C2C=C1. The lowest BCUT2D eigenvalue weighted by atomic mass is 9.77. The van der Waals surface area contributed by atoms with Crippen molar-refractivity contribution in [3.05, 3.63) is 271 Å². The van der Waals surface area contributed by atoms with Gasteiger partial charge in [-0.25, -0.2) is 0 Å². The maximum absolute atomic E-state index is 2.50. The molecule has 0 bridgehead atoms. The number of aromatic nitrogens is 1. The zero-order valence-corrected chi connectivity index (χ0v) is 37.7. The summed E-state index contributed by atoms with van der Waals surface area (Å²) < 4.78 is 2.41. The lowest BCUT2D eigenvalue weighted by Gasteiger charge is -2.33. The van der Waals surface area contributed by atoms with Crippen molar-refractivity contribution < 1.29 is 0 Å². The molecule has 3 aliphatic carbocycles. The van der Waals surface area contributed by atoms with Crippen molar-refractivity contribution in [2.45, 2.75) is 18.8 Å². The second-order valence-corrected chi connectivity index (χ2v) is 18.3. The Morgan fingerprint density at radius 3 is 2.01 bits per heavy atom. The minimum atomic E-state index is 0.354. The zero-order chi connectivity index (χ0) is 45.0. The van der Waals surface area contributed by atoms with Gasteiger partial charge < -0.3 is 9.47 Å². The zero-order valence-electron chi connectivity index (χ0n) is 37.7. The quantitative estimate of drug-likeness (QED) is 0.148. The van der Waals surface area contributed by atoms with Gasteiger partial charge >= 0.3 is 0 Å². The first-order valence-corrected chi connectivity index (χ1v) is 24.0. The molecule has 68 heavy (non-hydrogen) atoms. The summed E-state index contributed by atoms with van der Waals surface area (Å²) in [5.74, 6) is 0.749. The molecule has 0 amide bonds. The van der Waals surface area contributed by atoms with E-state index in [1.165, 1.54) is 99.6 Å². The van der Waals surface area contributed by atoms with E-state index in [0.29, 0.717) is 11.8 Å². The van der Waals surface area contributed by atoms with Crippen molar-refractivity contribution >= 4 is 55.6 Å². The molecule has 0 N–H and O–H groups in total. The maximum Gasteiger partial charge on any atom is 0.0547 e. The average Bonchev–Trinajstić information content (AvgIpc) is 3.76. The van der Waals surface area contributed by atoms with Gasteiger partial charge in [-0.15, -0.1) is 0 Å². The number of benzene rings is 9. The van der Waals surface area contributed by atoms with Crippen LogP contribution in [0.2, 0.25) is 0 Å². The van der Waals surface area contributed by atoms with Crippen molar-refractivity contribution in [3.63, 3.8) is 0 Å². The van der Waals surface area contributed by atoms with Gasteiger partial charge in [0.05, 0.1) is 11.0 Å². The van der Waals surface area contributed by atoms with E-state index < -0.39 is 0 Å². The first-order valence-electron chi connectivity index (χ1n) is 24.0. The molecule has 3 aliphatic rings. The third-order valence-corrected chi connectivity index (χ3v) is 14.4. The lowest BCUT2D eigenvalue weighted by Crippen LogP contribution is -2.19. The molecule has 0 fully saturated rings. The highest BCUT2D eigenvalue weighted by Gasteiger charge is 2.27. The van der Waals surface area contributed by atoms with Crippen LogP contribution in [0.1, 0.15) is 35.4 Å². The molecule has 0 aliphatic heterocycles. The Morgan fingerprint density at radius 1 is 0.456 bits per heavy atom. The van der Waals surface area contributed by atoms with Crippen LogP contribution in [0, 0.1) is 5.92 Å². The predicted octanol–water partition coefficient (Wildman–Crippen LogP) is 17.7. The Bertz CT molecular complexity index is 3720. The molecule has 0 saturated carbocycles. The monoisotopic (exact) mass is 868 g/mol. The van der Waals surface area contributed by atoms with E-state index in [1.807, 2.05) is 0 Å². The number of fused-ring (bicyclic) bond motifs is 7. The third kappa shape index (κ3) is 6.88. The molecule has 2 heteroatoms. The van der Waals surface area contributed by atoms with Crippen molar-refractivity contribution in [1.29, 1.82) is 0 Å². The summed E-state index contributed by atoms with van der Waals surface area (Å²) in [5.41, 5.74) is 19.7. The van der Waals surface area contributed by atoms with Crippen molar-refractivity contribution in [1.82, 2.24) is 4.57 Å². The van der Waals surface area contributed by atoms with E-state index in [4.69, 9.17) is 0 Å². The van der Waals surface area contributed by atoms with Crippen molar-refractivity contribution in [2.24, 2.45) is 5.92 Å². The second kappa shape index (κ2) is 16.8. The summed E-state index contributed by atoms with van der Waals surface area (Å²) in [6.45, 7) is 0. The number of para-hydroxylation sites is 2. The van der Waals surface area contributed by atoms with Gasteiger partial charge in [0.2, 0.25) is 0 Å². The predicted molar refractivity (Wildman–Crippen MR) is 288 cm³/mol. The molecule has 0 spiro atoms. The number of allylic oxidation sites excluding steroid dienone is 8. The molecule has 2 nitrogen and oxygen atoms in total. The first kappa shape index (κ1) is 39.9. The Balaban J connectivity index is 0.921. The first-order chi connectivity index (χ1) is 33.7. The Morgan fingerprint density at radius 2 is 1.13 bits per heavy atom. The summed E-state index contributed by atoms with van der Waals surface area (Å²) in [5, 5.41) is 5.07. The summed E-state index contributed by atoms with van der Waals surface area (Å²) in [6, 6.07) is 76.2. The highest BCUT2D eigenvalue weighted by molar-refractivity contribution is 6.16. The largest absolute Gasteiger partial charge is 0.310 e. The summed E-state index contributed by atoms with van der Waals surface area (Å²) in [4.78, 5) is 2.50. The van der Waals surface area contributed by atoms with Crippen LogP contribution in [0.3, 0.4) is 0 Å². The summed E-state index contributed by atoms with van der Waals surface area (Å²) in [6.07, 6.45) is 20.4. The van der Waals surface area contributed by atoms with Gasteiger partial charge in [0, 0.05) is 45.4 Å². The highest BCUT2D eigenvalue weighted by Crippen LogP contribution is 2.45. The van der Waals surface area contributed by atoms with E-state index in [0.717, 1.165) is 24.2 Å². The number of anilines is 2. The van der Waals surface area contributed by atoms with Crippen LogP contribution in [0.4, 0.5) is 11.4 Å². The fraction of sp³-hybridized carbons (Fsp3) is 0.0606. The van der Waals surface area contributed by atoms with E-state index in [9.17, 15) is 0 Å². The van der Waals surface area contributed by atoms with Gasteiger partial charge in [0.25, 0.3) is 0 Å². The van der Waals surface area contributed by atoms with Gasteiger partial charge in [0.1, 0.15) is 0 Å². The minimum absolute atomic E-state index is 0.354. The molecule has 13 rings (SSSR count). The van der Waals surface area contributed by atoms with Crippen LogP contribution in [0.15, 0.2) is 254 Å². The van der Waals surface area contributed by atoms with Gasteiger partial charge in [-0.1, -0.05) is 194 Å². The molecular weight excluding hydrogens is 821 g/mol. The molecule has 2 atom stereocenters. The number of rotatable bonds is 8. The number of nitrogens with zero attached hydrogens (tertiary/aromatic N) is 2. The molecule has 0 saturated heterocycles. The highest BCUT2D eigenvalue weighted by atomic mass is 15.1.